The van der Waals surface area contributed by atoms with Crippen LogP contribution in [-0.2, 0) is 0 Å². The minimum absolute atomic E-state index is 1.00. The van der Waals surface area contributed by atoms with Crippen LogP contribution < -0.4 is 0 Å². The van der Waals surface area contributed by atoms with E-state index in [1.54, 1.807) is 6.20 Å². The predicted octanol–water partition coefficient (Wildman–Crippen LogP) is 2.93. The van der Waals surface area contributed by atoms with Crippen LogP contribution in [-0.4, -0.2) is 4.98 Å². The maximum atomic E-state index is 4.26. The number of nitrogens with zero attached hydrogens (tertiary/aromatic N) is 1. The van der Waals surface area contributed by atoms with E-state index < -0.39 is 0 Å². The SMILES string of the molecule is [CH2]c1ccc(-c2ccccn2)cc1. The highest BCUT2D eigenvalue weighted by molar-refractivity contribution is 5.59. The first-order chi connectivity index (χ1) is 6.36. The van der Waals surface area contributed by atoms with Gasteiger partial charge in [-0.15, -0.1) is 0 Å². The molecule has 1 nitrogen and oxygen atoms in total. The highest BCUT2D eigenvalue weighted by Gasteiger charge is 1.95. The lowest BCUT2D eigenvalue weighted by molar-refractivity contribution is 1.32. The summed E-state index contributed by atoms with van der Waals surface area (Å²) in [6, 6.07) is 13.9. The first kappa shape index (κ1) is 7.99. The molecule has 0 unspecified atom stereocenters. The zero-order valence-electron chi connectivity index (χ0n) is 7.27. The molecule has 0 saturated carbocycles. The zero-order chi connectivity index (χ0) is 9.10. The lowest BCUT2D eigenvalue weighted by Gasteiger charge is -1.99. The van der Waals surface area contributed by atoms with Gasteiger partial charge in [0.2, 0.25) is 0 Å². The molecular formula is C12H10N. The smallest absolute Gasteiger partial charge is 0.0701 e. The molecule has 0 aliphatic carbocycles. The standard InChI is InChI=1S/C12H10N/c1-10-5-7-11(8-6-10)12-4-2-3-9-13-12/h2-9H,1H2. The second-order valence-corrected chi connectivity index (χ2v) is 2.91. The molecule has 0 atom stereocenters. The molecule has 0 N–H and O–H groups in total. The molecule has 2 rings (SSSR count). The van der Waals surface area contributed by atoms with Crippen LogP contribution in [0.25, 0.3) is 11.3 Å². The molecule has 0 bridgehead atoms. The Morgan fingerprint density at radius 3 is 2.31 bits per heavy atom. The van der Waals surface area contributed by atoms with Crippen molar-refractivity contribution < 1.29 is 0 Å². The van der Waals surface area contributed by atoms with Crippen LogP contribution in [0.2, 0.25) is 0 Å². The van der Waals surface area contributed by atoms with E-state index in [0.29, 0.717) is 0 Å². The van der Waals surface area contributed by atoms with E-state index >= 15 is 0 Å². The third kappa shape index (κ3) is 1.75. The van der Waals surface area contributed by atoms with Crippen LogP contribution in [0.4, 0.5) is 0 Å². The molecule has 1 aromatic carbocycles. The fraction of sp³-hybridized carbons (Fsp3) is 0. The minimum Gasteiger partial charge on any atom is -0.256 e. The molecule has 63 valence electrons. The fourth-order valence-electron chi connectivity index (χ4n) is 1.21. The van der Waals surface area contributed by atoms with Crippen molar-refractivity contribution in [1.82, 2.24) is 4.98 Å². The number of aromatic nitrogens is 1. The van der Waals surface area contributed by atoms with Crippen molar-refractivity contribution in [1.29, 1.82) is 0 Å². The lowest BCUT2D eigenvalue weighted by Crippen LogP contribution is -1.81. The number of hydrogen-bond acceptors (Lipinski definition) is 1. The Morgan fingerprint density at radius 2 is 1.69 bits per heavy atom. The number of hydrogen-bond donors (Lipinski definition) is 0. The zero-order valence-corrected chi connectivity index (χ0v) is 7.27. The topological polar surface area (TPSA) is 12.9 Å². The highest BCUT2D eigenvalue weighted by atomic mass is 14.7. The maximum absolute atomic E-state index is 4.26. The summed E-state index contributed by atoms with van der Waals surface area (Å²) in [5.74, 6) is 0. The summed E-state index contributed by atoms with van der Waals surface area (Å²) in [6.07, 6.45) is 1.80. The van der Waals surface area contributed by atoms with Crippen LogP contribution in [0.15, 0.2) is 48.7 Å². The normalized spacial score (nSPS) is 9.92. The Balaban J connectivity index is 2.42. The Kier molecular flexibility index (Phi) is 2.09. The fourth-order valence-corrected chi connectivity index (χ4v) is 1.21. The van der Waals surface area contributed by atoms with Gasteiger partial charge in [0.05, 0.1) is 5.69 Å². The summed E-state index contributed by atoms with van der Waals surface area (Å²) in [7, 11) is 0. The number of pyridine rings is 1. The van der Waals surface area contributed by atoms with E-state index in [-0.39, 0.29) is 0 Å². The van der Waals surface area contributed by atoms with E-state index in [1.807, 2.05) is 42.5 Å². The first-order valence-corrected chi connectivity index (χ1v) is 4.20. The summed E-state index contributed by atoms with van der Waals surface area (Å²) >= 11 is 0. The molecule has 1 aromatic heterocycles. The van der Waals surface area contributed by atoms with Gasteiger partial charge in [0.25, 0.3) is 0 Å². The van der Waals surface area contributed by atoms with Gasteiger partial charge in [0.15, 0.2) is 0 Å². The van der Waals surface area contributed by atoms with Crippen molar-refractivity contribution in [2.75, 3.05) is 0 Å². The van der Waals surface area contributed by atoms with Gasteiger partial charge in [0.1, 0.15) is 0 Å². The summed E-state index contributed by atoms with van der Waals surface area (Å²) in [6.45, 7) is 3.83. The van der Waals surface area contributed by atoms with E-state index in [1.165, 1.54) is 0 Å². The quantitative estimate of drug-likeness (QED) is 0.638. The average molecular weight is 168 g/mol. The second-order valence-electron chi connectivity index (χ2n) is 2.91. The van der Waals surface area contributed by atoms with Gasteiger partial charge in [0, 0.05) is 11.8 Å². The van der Waals surface area contributed by atoms with Gasteiger partial charge in [-0.1, -0.05) is 30.3 Å². The molecule has 0 aliphatic rings. The van der Waals surface area contributed by atoms with Crippen molar-refractivity contribution in [2.24, 2.45) is 0 Å². The Labute approximate surface area is 78.1 Å². The molecule has 0 spiro atoms. The minimum atomic E-state index is 1.00. The van der Waals surface area contributed by atoms with Crippen LogP contribution in [0.3, 0.4) is 0 Å². The molecule has 0 fully saturated rings. The van der Waals surface area contributed by atoms with E-state index in [0.717, 1.165) is 16.8 Å². The number of rotatable bonds is 1. The Morgan fingerprint density at radius 1 is 0.923 bits per heavy atom. The van der Waals surface area contributed by atoms with E-state index in [4.69, 9.17) is 0 Å². The van der Waals surface area contributed by atoms with Crippen molar-refractivity contribution in [3.8, 4) is 11.3 Å². The van der Waals surface area contributed by atoms with Gasteiger partial charge in [-0.3, -0.25) is 4.98 Å². The van der Waals surface area contributed by atoms with Gasteiger partial charge in [-0.2, -0.15) is 0 Å². The molecule has 0 aliphatic heterocycles. The van der Waals surface area contributed by atoms with Crippen LogP contribution >= 0.6 is 0 Å². The van der Waals surface area contributed by atoms with Crippen molar-refractivity contribution >= 4 is 0 Å². The van der Waals surface area contributed by atoms with E-state index in [2.05, 4.69) is 11.9 Å². The second kappa shape index (κ2) is 3.40. The number of benzene rings is 1. The van der Waals surface area contributed by atoms with Gasteiger partial charge >= 0.3 is 0 Å². The van der Waals surface area contributed by atoms with Crippen LogP contribution in [0, 0.1) is 6.92 Å². The van der Waals surface area contributed by atoms with Crippen molar-refractivity contribution in [2.45, 2.75) is 0 Å². The molecular weight excluding hydrogens is 158 g/mol. The monoisotopic (exact) mass is 168 g/mol. The molecule has 0 saturated heterocycles. The average Bonchev–Trinajstić information content (AvgIpc) is 2.20. The molecule has 1 radical (unpaired) electrons. The largest absolute Gasteiger partial charge is 0.256 e. The van der Waals surface area contributed by atoms with E-state index in [9.17, 15) is 0 Å². The predicted molar refractivity (Wildman–Crippen MR) is 54.1 cm³/mol. The Hall–Kier alpha value is -1.63. The molecule has 1 heteroatoms. The summed E-state index contributed by atoms with van der Waals surface area (Å²) in [4.78, 5) is 4.26. The molecule has 13 heavy (non-hydrogen) atoms. The molecule has 2 aromatic rings. The Bertz CT molecular complexity index is 376. The highest BCUT2D eigenvalue weighted by Crippen LogP contribution is 2.15. The van der Waals surface area contributed by atoms with Crippen LogP contribution in [0.5, 0.6) is 0 Å². The third-order valence-electron chi connectivity index (χ3n) is 1.91. The van der Waals surface area contributed by atoms with Gasteiger partial charge in [-0.25, -0.2) is 0 Å². The lowest BCUT2D eigenvalue weighted by atomic mass is 10.1. The summed E-state index contributed by atoms with van der Waals surface area (Å²) in [5.41, 5.74) is 3.16. The third-order valence-corrected chi connectivity index (χ3v) is 1.91. The van der Waals surface area contributed by atoms with Crippen molar-refractivity contribution in [3.63, 3.8) is 0 Å². The summed E-state index contributed by atoms with van der Waals surface area (Å²) in [5, 5.41) is 0. The van der Waals surface area contributed by atoms with Gasteiger partial charge < -0.3 is 0 Å². The van der Waals surface area contributed by atoms with Crippen LogP contribution in [0.1, 0.15) is 5.56 Å². The maximum Gasteiger partial charge on any atom is 0.0701 e. The summed E-state index contributed by atoms with van der Waals surface area (Å²) < 4.78 is 0. The van der Waals surface area contributed by atoms with Crippen molar-refractivity contribution in [3.05, 3.63) is 61.1 Å². The molecule has 1 heterocycles. The molecule has 0 amide bonds. The first-order valence-electron chi connectivity index (χ1n) is 4.20. The van der Waals surface area contributed by atoms with Gasteiger partial charge in [-0.05, 0) is 24.6 Å².